The molecular formula is C30H34N2O6. The highest BCUT2D eigenvalue weighted by Gasteiger charge is 2.23. The van der Waals surface area contributed by atoms with Crippen molar-refractivity contribution in [3.63, 3.8) is 0 Å². The molecule has 0 aliphatic heterocycles. The lowest BCUT2D eigenvalue weighted by molar-refractivity contribution is 0.0684. The van der Waals surface area contributed by atoms with Crippen molar-refractivity contribution in [1.29, 1.82) is 0 Å². The van der Waals surface area contributed by atoms with Gasteiger partial charge in [0.2, 0.25) is 5.75 Å². The quantitative estimate of drug-likeness (QED) is 0.253. The van der Waals surface area contributed by atoms with Crippen LogP contribution in [0.5, 0.6) is 23.0 Å². The zero-order chi connectivity index (χ0) is 27.2. The Balaban J connectivity index is 1.61. The van der Waals surface area contributed by atoms with Gasteiger partial charge in [0.1, 0.15) is 11.4 Å². The first-order valence-electron chi connectivity index (χ1n) is 12.4. The van der Waals surface area contributed by atoms with E-state index in [1.54, 1.807) is 28.4 Å². The molecular weight excluding hydrogens is 484 g/mol. The van der Waals surface area contributed by atoms with Gasteiger partial charge in [-0.3, -0.25) is 0 Å². The van der Waals surface area contributed by atoms with E-state index in [1.165, 1.54) is 0 Å². The van der Waals surface area contributed by atoms with Crippen molar-refractivity contribution in [2.75, 3.05) is 35.0 Å². The molecule has 1 heterocycles. The van der Waals surface area contributed by atoms with Gasteiger partial charge < -0.3 is 33.9 Å². The summed E-state index contributed by atoms with van der Waals surface area (Å²) in [5.74, 6) is 1.60. The number of benzene rings is 3. The summed E-state index contributed by atoms with van der Waals surface area (Å²) >= 11 is 0. The molecule has 4 rings (SSSR count). The minimum atomic E-state index is -0.953. The highest BCUT2D eigenvalue weighted by atomic mass is 16.5. The van der Waals surface area contributed by atoms with E-state index in [9.17, 15) is 9.90 Å². The molecule has 0 saturated heterocycles. The molecule has 0 amide bonds. The maximum atomic E-state index is 12.5. The molecule has 0 unspecified atom stereocenters. The molecule has 0 aliphatic carbocycles. The smallest absolute Gasteiger partial charge is 0.352 e. The first kappa shape index (κ1) is 26.9. The molecule has 3 aromatic carbocycles. The normalized spacial score (nSPS) is 11.0. The van der Waals surface area contributed by atoms with Crippen LogP contribution >= 0.6 is 0 Å². The highest BCUT2D eigenvalue weighted by Crippen LogP contribution is 2.39. The third-order valence-electron chi connectivity index (χ3n) is 6.69. The number of rotatable bonds is 12. The highest BCUT2D eigenvalue weighted by molar-refractivity contribution is 5.98. The van der Waals surface area contributed by atoms with E-state index in [0.717, 1.165) is 38.9 Å². The Morgan fingerprint density at radius 2 is 1.63 bits per heavy atom. The summed E-state index contributed by atoms with van der Waals surface area (Å²) in [6.45, 7) is 3.47. The molecule has 0 fully saturated rings. The van der Waals surface area contributed by atoms with Crippen molar-refractivity contribution in [3.05, 3.63) is 82.5 Å². The maximum Gasteiger partial charge on any atom is 0.352 e. The van der Waals surface area contributed by atoms with Crippen LogP contribution in [0.25, 0.3) is 10.9 Å². The zero-order valence-corrected chi connectivity index (χ0v) is 22.5. The Morgan fingerprint density at radius 3 is 2.26 bits per heavy atom. The number of nitrogens with one attached hydrogen (secondary N) is 1. The molecule has 0 bridgehead atoms. The van der Waals surface area contributed by atoms with Crippen LogP contribution in [0.1, 0.15) is 32.7 Å². The number of ether oxygens (including phenoxy) is 4. The van der Waals surface area contributed by atoms with Gasteiger partial charge >= 0.3 is 5.97 Å². The van der Waals surface area contributed by atoms with Gasteiger partial charge in [-0.15, -0.1) is 0 Å². The summed E-state index contributed by atoms with van der Waals surface area (Å²) in [5.41, 5.74) is 4.98. The van der Waals surface area contributed by atoms with Gasteiger partial charge in [-0.1, -0.05) is 30.3 Å². The lowest BCUT2D eigenvalue weighted by atomic mass is 10.1. The van der Waals surface area contributed by atoms with Crippen molar-refractivity contribution in [2.24, 2.45) is 0 Å². The number of hydrogen-bond acceptors (Lipinski definition) is 6. The number of aryl methyl sites for hydroxylation is 1. The third kappa shape index (κ3) is 5.40. The molecule has 0 atom stereocenters. The monoisotopic (exact) mass is 518 g/mol. The minimum Gasteiger partial charge on any atom is -0.497 e. The first-order chi connectivity index (χ1) is 18.4. The van der Waals surface area contributed by atoms with E-state index < -0.39 is 5.97 Å². The summed E-state index contributed by atoms with van der Waals surface area (Å²) in [7, 11) is 6.40. The summed E-state index contributed by atoms with van der Waals surface area (Å²) in [6, 6.07) is 17.6. The Hall–Kier alpha value is -4.17. The Kier molecular flexibility index (Phi) is 8.43. The van der Waals surface area contributed by atoms with E-state index >= 15 is 0 Å². The van der Waals surface area contributed by atoms with Crippen LogP contribution in [0.15, 0.2) is 54.6 Å². The van der Waals surface area contributed by atoms with E-state index in [4.69, 9.17) is 18.9 Å². The molecule has 200 valence electrons. The molecule has 8 heteroatoms. The SMILES string of the molecule is COc1ccc(Cn2c(C(=O)O)c(CNCCc3ccc(OC)c(OC)c3OC)c3ccc(C)cc32)cc1. The predicted octanol–water partition coefficient (Wildman–Crippen LogP) is 5.06. The number of carboxylic acids is 1. The maximum absolute atomic E-state index is 12.5. The van der Waals surface area contributed by atoms with Gasteiger partial charge in [0.15, 0.2) is 11.5 Å². The van der Waals surface area contributed by atoms with Gasteiger partial charge in [-0.2, -0.15) is 0 Å². The molecule has 0 saturated carbocycles. The number of aromatic nitrogens is 1. The number of carboxylic acid groups (broad SMARTS) is 1. The molecule has 4 aromatic rings. The average molecular weight is 519 g/mol. The van der Waals surface area contributed by atoms with Crippen LogP contribution in [0, 0.1) is 6.92 Å². The number of nitrogens with zero attached hydrogens (tertiary/aromatic N) is 1. The van der Waals surface area contributed by atoms with Gasteiger partial charge in [0, 0.05) is 29.6 Å². The second kappa shape index (κ2) is 11.9. The number of carbonyl (C=O) groups is 1. The minimum absolute atomic E-state index is 0.289. The summed E-state index contributed by atoms with van der Waals surface area (Å²) in [5, 5.41) is 14.6. The van der Waals surface area contributed by atoms with E-state index in [2.05, 4.69) is 5.32 Å². The van der Waals surface area contributed by atoms with Crippen molar-refractivity contribution in [1.82, 2.24) is 9.88 Å². The standard InChI is InChI=1S/C30H34N2O6/c1-19-6-12-23-24(17-31-15-14-21-9-13-26(36-3)29(38-5)28(21)37-4)27(30(33)34)32(25(23)16-19)18-20-7-10-22(35-2)11-8-20/h6-13,16,31H,14-15,17-18H2,1-5H3,(H,33,34). The van der Waals surface area contributed by atoms with E-state index in [-0.39, 0.29) is 5.69 Å². The van der Waals surface area contributed by atoms with Gasteiger partial charge in [0.05, 0.1) is 28.4 Å². The third-order valence-corrected chi connectivity index (χ3v) is 6.69. The second-order valence-electron chi connectivity index (χ2n) is 9.01. The van der Waals surface area contributed by atoms with Crippen LogP contribution in [-0.2, 0) is 19.5 Å². The van der Waals surface area contributed by atoms with Gasteiger partial charge in [0.25, 0.3) is 0 Å². The summed E-state index contributed by atoms with van der Waals surface area (Å²) in [6.07, 6.45) is 0.662. The van der Waals surface area contributed by atoms with Crippen molar-refractivity contribution in [3.8, 4) is 23.0 Å². The summed E-state index contributed by atoms with van der Waals surface area (Å²) in [4.78, 5) is 12.5. The van der Waals surface area contributed by atoms with E-state index in [0.29, 0.717) is 43.3 Å². The van der Waals surface area contributed by atoms with Crippen LogP contribution in [0.2, 0.25) is 0 Å². The molecule has 0 radical (unpaired) electrons. The second-order valence-corrected chi connectivity index (χ2v) is 9.01. The van der Waals surface area contributed by atoms with Crippen LogP contribution in [-0.4, -0.2) is 50.6 Å². The number of aromatic carboxylic acids is 1. The van der Waals surface area contributed by atoms with Gasteiger partial charge in [-0.05, 0) is 60.8 Å². The van der Waals surface area contributed by atoms with Crippen molar-refractivity contribution < 1.29 is 28.8 Å². The lowest BCUT2D eigenvalue weighted by Crippen LogP contribution is -2.20. The molecule has 2 N–H and O–H groups in total. The first-order valence-corrected chi connectivity index (χ1v) is 12.4. The van der Waals surface area contributed by atoms with Crippen LogP contribution < -0.4 is 24.3 Å². The Bertz CT molecular complexity index is 1430. The molecule has 8 nitrogen and oxygen atoms in total. The predicted molar refractivity (Wildman–Crippen MR) is 147 cm³/mol. The Labute approximate surface area is 222 Å². The molecule has 38 heavy (non-hydrogen) atoms. The van der Waals surface area contributed by atoms with Crippen molar-refractivity contribution in [2.45, 2.75) is 26.4 Å². The topological polar surface area (TPSA) is 91.2 Å². The largest absolute Gasteiger partial charge is 0.497 e. The lowest BCUT2D eigenvalue weighted by Gasteiger charge is -2.16. The summed E-state index contributed by atoms with van der Waals surface area (Å²) < 4.78 is 23.6. The fraction of sp³-hybridized carbons (Fsp3) is 0.300. The number of fused-ring (bicyclic) bond motifs is 1. The van der Waals surface area contributed by atoms with Gasteiger partial charge in [-0.25, -0.2) is 4.79 Å². The van der Waals surface area contributed by atoms with Crippen molar-refractivity contribution >= 4 is 16.9 Å². The zero-order valence-electron chi connectivity index (χ0n) is 22.5. The number of hydrogen-bond donors (Lipinski definition) is 2. The molecule has 1 aromatic heterocycles. The Morgan fingerprint density at radius 1 is 0.895 bits per heavy atom. The fourth-order valence-corrected chi connectivity index (χ4v) is 4.83. The average Bonchev–Trinajstić information content (AvgIpc) is 3.23. The van der Waals surface area contributed by atoms with E-state index in [1.807, 2.05) is 66.1 Å². The van der Waals surface area contributed by atoms with Crippen LogP contribution in [0.4, 0.5) is 0 Å². The molecule has 0 spiro atoms. The number of methoxy groups -OCH3 is 4. The fourth-order valence-electron chi connectivity index (χ4n) is 4.83. The van der Waals surface area contributed by atoms with Crippen LogP contribution in [0.3, 0.4) is 0 Å². The molecule has 0 aliphatic rings.